The average molecular weight is 379 g/mol. The molecule has 7 heteroatoms. The number of hydrogen-bond acceptors (Lipinski definition) is 3. The molecule has 1 heterocycles. The number of carbonyl (C=O) groups excluding carboxylic acids is 2. The fourth-order valence-corrected chi connectivity index (χ4v) is 3.95. The molecule has 4 nitrogen and oxygen atoms in total. The van der Waals surface area contributed by atoms with Crippen molar-refractivity contribution in [2.45, 2.75) is 29.7 Å². The fourth-order valence-electron chi connectivity index (χ4n) is 2.51. The van der Waals surface area contributed by atoms with Gasteiger partial charge in [0.1, 0.15) is 11.2 Å². The van der Waals surface area contributed by atoms with Gasteiger partial charge in [0.2, 0.25) is 5.91 Å². The van der Waals surface area contributed by atoms with Gasteiger partial charge in [0.15, 0.2) is 0 Å². The Hall–Kier alpha value is -2.05. The lowest BCUT2D eigenvalue weighted by molar-refractivity contribution is -0.137. The molecule has 3 rings (SSSR count). The van der Waals surface area contributed by atoms with Crippen molar-refractivity contribution in [1.29, 1.82) is 0 Å². The number of benzene rings is 2. The summed E-state index contributed by atoms with van der Waals surface area (Å²) in [5.41, 5.74) is 0.957. The second-order valence-corrected chi connectivity index (χ2v) is 7.36. The number of hydrogen-bond donors (Lipinski definition) is 1. The Kier molecular flexibility index (Phi) is 5.30. The van der Waals surface area contributed by atoms with E-state index in [1.54, 1.807) is 6.07 Å². The number of imide groups is 1. The molecule has 0 unspecified atom stereocenters. The van der Waals surface area contributed by atoms with Gasteiger partial charge >= 0.3 is 6.03 Å². The van der Waals surface area contributed by atoms with Gasteiger partial charge in [-0.3, -0.25) is 9.69 Å². The van der Waals surface area contributed by atoms with Crippen LogP contribution in [-0.4, -0.2) is 22.2 Å². The van der Waals surface area contributed by atoms with Crippen LogP contribution in [0.4, 0.5) is 9.18 Å². The monoisotopic (exact) mass is 378 g/mol. The first-order valence-corrected chi connectivity index (χ1v) is 9.00. The zero-order valence-corrected chi connectivity index (χ0v) is 15.0. The van der Waals surface area contributed by atoms with Gasteiger partial charge in [-0.1, -0.05) is 53.7 Å². The Balaban J connectivity index is 1.65. The van der Waals surface area contributed by atoms with Gasteiger partial charge in [-0.25, -0.2) is 9.18 Å². The second kappa shape index (κ2) is 7.45. The van der Waals surface area contributed by atoms with Crippen molar-refractivity contribution in [2.75, 3.05) is 0 Å². The maximum Gasteiger partial charge on any atom is 0.325 e. The number of nitrogens with one attached hydrogen (secondary N) is 1. The smallest absolute Gasteiger partial charge is 0.325 e. The summed E-state index contributed by atoms with van der Waals surface area (Å²) in [7, 11) is 0. The molecule has 1 aliphatic heterocycles. The number of rotatable bonds is 4. The largest absolute Gasteiger partial charge is 0.331 e. The standard InChI is InChI=1S/C18H16ClFN2O2S/c1-11(12-5-3-2-4-6-12)21-18(24)22-16(23)10-17(22)25-13-7-8-15(20)14(19)9-13/h2-9,11,17H,10H2,1H3,(H,21,24)/t11-,17-/m0/s1. The van der Waals surface area contributed by atoms with Crippen LogP contribution in [0.1, 0.15) is 24.9 Å². The molecule has 0 spiro atoms. The summed E-state index contributed by atoms with van der Waals surface area (Å²) in [5.74, 6) is -0.731. The van der Waals surface area contributed by atoms with Gasteiger partial charge in [0.25, 0.3) is 0 Å². The molecule has 2 atom stereocenters. The molecule has 1 saturated heterocycles. The average Bonchev–Trinajstić information content (AvgIpc) is 2.58. The zero-order chi connectivity index (χ0) is 18.0. The van der Waals surface area contributed by atoms with Crippen LogP contribution < -0.4 is 5.32 Å². The van der Waals surface area contributed by atoms with Gasteiger partial charge < -0.3 is 5.32 Å². The van der Waals surface area contributed by atoms with E-state index < -0.39 is 11.8 Å². The molecule has 3 amide bonds. The minimum atomic E-state index is -0.498. The fraction of sp³-hybridized carbons (Fsp3) is 0.222. The molecule has 0 bridgehead atoms. The van der Waals surface area contributed by atoms with Crippen LogP contribution in [-0.2, 0) is 4.79 Å². The van der Waals surface area contributed by atoms with E-state index in [4.69, 9.17) is 11.6 Å². The molecule has 2 aromatic rings. The van der Waals surface area contributed by atoms with Crippen LogP contribution in [0.15, 0.2) is 53.4 Å². The van der Waals surface area contributed by atoms with Crippen LogP contribution in [0, 0.1) is 5.82 Å². The number of nitrogens with zero attached hydrogens (tertiary/aromatic N) is 1. The van der Waals surface area contributed by atoms with E-state index in [1.165, 1.54) is 28.8 Å². The van der Waals surface area contributed by atoms with Gasteiger partial charge in [-0.15, -0.1) is 0 Å². The number of thioether (sulfide) groups is 1. The lowest BCUT2D eigenvalue weighted by atomic mass is 10.1. The van der Waals surface area contributed by atoms with Gasteiger partial charge in [0, 0.05) is 4.90 Å². The highest BCUT2D eigenvalue weighted by Crippen LogP contribution is 2.36. The minimum absolute atomic E-state index is 0.0179. The van der Waals surface area contributed by atoms with Crippen LogP contribution in [0.2, 0.25) is 5.02 Å². The number of β-lactam (4-membered cyclic amide) rings is 1. The Morgan fingerprint density at radius 1 is 1.32 bits per heavy atom. The van der Waals surface area contributed by atoms with Gasteiger partial charge in [-0.05, 0) is 30.7 Å². The predicted octanol–water partition coefficient (Wildman–Crippen LogP) is 4.60. The van der Waals surface area contributed by atoms with Crippen molar-refractivity contribution in [3.05, 3.63) is 64.9 Å². The van der Waals surface area contributed by atoms with Gasteiger partial charge in [-0.2, -0.15) is 0 Å². The van der Waals surface area contributed by atoms with E-state index in [0.29, 0.717) is 4.90 Å². The number of likely N-dealkylation sites (tertiary alicyclic amines) is 1. The molecular weight excluding hydrogens is 363 g/mol. The summed E-state index contributed by atoms with van der Waals surface area (Å²) in [6.45, 7) is 1.86. The maximum absolute atomic E-state index is 13.2. The summed E-state index contributed by atoms with van der Waals surface area (Å²) in [5, 5.41) is 2.53. The van der Waals surface area contributed by atoms with Crippen LogP contribution >= 0.6 is 23.4 Å². The molecule has 1 aliphatic rings. The van der Waals surface area contributed by atoms with Crippen LogP contribution in [0.5, 0.6) is 0 Å². The quantitative estimate of drug-likeness (QED) is 0.791. The zero-order valence-electron chi connectivity index (χ0n) is 13.4. The predicted molar refractivity (Wildman–Crippen MR) is 95.9 cm³/mol. The summed E-state index contributed by atoms with van der Waals surface area (Å²) < 4.78 is 13.2. The highest BCUT2D eigenvalue weighted by molar-refractivity contribution is 8.00. The maximum atomic E-state index is 13.2. The molecule has 130 valence electrons. The highest BCUT2D eigenvalue weighted by atomic mass is 35.5. The minimum Gasteiger partial charge on any atom is -0.331 e. The van der Waals surface area contributed by atoms with E-state index in [-0.39, 0.29) is 28.8 Å². The second-order valence-electron chi connectivity index (χ2n) is 5.70. The highest BCUT2D eigenvalue weighted by Gasteiger charge is 2.41. The molecule has 0 saturated carbocycles. The topological polar surface area (TPSA) is 49.4 Å². The van der Waals surface area contributed by atoms with E-state index in [2.05, 4.69) is 5.32 Å². The van der Waals surface area contributed by atoms with Crippen LogP contribution in [0.3, 0.4) is 0 Å². The van der Waals surface area contributed by atoms with E-state index in [9.17, 15) is 14.0 Å². The third kappa shape index (κ3) is 3.96. The Morgan fingerprint density at radius 3 is 2.68 bits per heavy atom. The Labute approximate surface area is 154 Å². The lowest BCUT2D eigenvalue weighted by Gasteiger charge is -2.38. The summed E-state index contributed by atoms with van der Waals surface area (Å²) in [6.07, 6.45) is 0.257. The van der Waals surface area contributed by atoms with E-state index in [1.807, 2.05) is 37.3 Å². The molecule has 0 aromatic heterocycles. The SMILES string of the molecule is C[C@H](NC(=O)N1C(=O)C[C@@H]1Sc1ccc(F)c(Cl)c1)c1ccccc1. The summed E-state index contributed by atoms with van der Waals surface area (Å²) in [4.78, 5) is 26.2. The molecular formula is C18H16ClFN2O2S. The number of urea groups is 1. The number of amides is 3. The molecule has 1 N–H and O–H groups in total. The Morgan fingerprint density at radius 2 is 2.04 bits per heavy atom. The first-order chi connectivity index (χ1) is 12.0. The molecule has 1 fully saturated rings. The first kappa shape index (κ1) is 17.8. The Bertz CT molecular complexity index is 803. The molecule has 25 heavy (non-hydrogen) atoms. The van der Waals surface area contributed by atoms with Gasteiger partial charge in [0.05, 0.1) is 17.5 Å². The van der Waals surface area contributed by atoms with Crippen molar-refractivity contribution in [2.24, 2.45) is 0 Å². The molecule has 0 aliphatic carbocycles. The molecule has 0 radical (unpaired) electrons. The summed E-state index contributed by atoms with van der Waals surface area (Å²) >= 11 is 7.08. The van der Waals surface area contributed by atoms with Crippen LogP contribution in [0.25, 0.3) is 0 Å². The van der Waals surface area contributed by atoms with Crippen molar-refractivity contribution in [1.82, 2.24) is 10.2 Å². The number of carbonyl (C=O) groups is 2. The molecule has 2 aromatic carbocycles. The van der Waals surface area contributed by atoms with E-state index >= 15 is 0 Å². The van der Waals surface area contributed by atoms with Crippen molar-refractivity contribution in [3.63, 3.8) is 0 Å². The van der Waals surface area contributed by atoms with Crippen molar-refractivity contribution in [3.8, 4) is 0 Å². The third-order valence-electron chi connectivity index (χ3n) is 3.93. The normalized spacial score (nSPS) is 17.8. The third-order valence-corrected chi connectivity index (χ3v) is 5.39. The van der Waals surface area contributed by atoms with Crippen molar-refractivity contribution < 1.29 is 14.0 Å². The van der Waals surface area contributed by atoms with E-state index in [0.717, 1.165) is 5.56 Å². The number of halogens is 2. The summed E-state index contributed by atoms with van der Waals surface area (Å²) in [6, 6.07) is 13.2. The lowest BCUT2D eigenvalue weighted by Crippen LogP contribution is -2.57. The first-order valence-electron chi connectivity index (χ1n) is 7.75. The van der Waals surface area contributed by atoms with Crippen molar-refractivity contribution >= 4 is 35.3 Å².